The molecule has 0 saturated heterocycles. The van der Waals surface area contributed by atoms with Crippen molar-refractivity contribution in [3.8, 4) is 0 Å². The van der Waals surface area contributed by atoms with Gasteiger partial charge in [0.15, 0.2) is 0 Å². The maximum atomic E-state index is 12.8. The number of carboxylic acids is 1. The van der Waals surface area contributed by atoms with Gasteiger partial charge in [-0.15, -0.1) is 0 Å². The smallest absolute Gasteiger partial charge is 0.442 e. The van der Waals surface area contributed by atoms with Gasteiger partial charge in [0, 0.05) is 9.65 Å². The molecule has 8 heteroatoms. The average molecular weight is 412 g/mol. The van der Waals surface area contributed by atoms with Gasteiger partial charge in [0.25, 0.3) is 0 Å². The van der Waals surface area contributed by atoms with E-state index >= 15 is 0 Å². The van der Waals surface area contributed by atoms with Crippen LogP contribution in [0.3, 0.4) is 0 Å². The second-order valence-electron chi connectivity index (χ2n) is 5.06. The van der Waals surface area contributed by atoms with Gasteiger partial charge in [-0.1, -0.05) is 45.7 Å². The summed E-state index contributed by atoms with van der Waals surface area (Å²) >= 11 is 6.11. The summed E-state index contributed by atoms with van der Waals surface area (Å²) in [6, 6.07) is 0. The van der Waals surface area contributed by atoms with Crippen LogP contribution in [0.25, 0.3) is 0 Å². The summed E-state index contributed by atoms with van der Waals surface area (Å²) in [7, 11) is 0. The van der Waals surface area contributed by atoms with E-state index in [1.807, 2.05) is 0 Å². The number of hydrogen-bond acceptors (Lipinski definition) is 1. The van der Waals surface area contributed by atoms with Gasteiger partial charge in [-0.2, -0.15) is 13.2 Å². The van der Waals surface area contributed by atoms with Crippen LogP contribution in [0.1, 0.15) is 13.8 Å². The lowest BCUT2D eigenvalue weighted by molar-refractivity contribution is -0.139. The minimum atomic E-state index is -5.02. The van der Waals surface area contributed by atoms with Crippen molar-refractivity contribution in [2.75, 3.05) is 0 Å². The van der Waals surface area contributed by atoms with E-state index in [1.165, 1.54) is 0 Å². The van der Waals surface area contributed by atoms with Gasteiger partial charge in [0.1, 0.15) is 0 Å². The molecule has 0 spiro atoms. The Labute approximate surface area is 124 Å². The van der Waals surface area contributed by atoms with Crippen LogP contribution < -0.4 is 0 Å². The van der Waals surface area contributed by atoms with Crippen molar-refractivity contribution in [3.63, 3.8) is 0 Å². The third-order valence-electron chi connectivity index (χ3n) is 3.40. The van der Waals surface area contributed by atoms with Crippen molar-refractivity contribution in [1.29, 1.82) is 0 Å². The molecule has 110 valence electrons. The molecule has 1 fully saturated rings. The predicted molar refractivity (Wildman–Crippen MR) is 69.1 cm³/mol. The number of alkyl halides is 5. The number of halogens is 6. The standard InChI is InChI=1S/C11H12Br2F4O2/c1-10(2)6(7(10)9(18)19)8(13)4(12)3-5(14)11(15,16)17/h3-4,6-8H,1-2H3,(H,18,19)/b5-3+. The molecule has 1 aliphatic rings. The molecule has 1 rings (SSSR count). The summed E-state index contributed by atoms with van der Waals surface area (Å²) in [5, 5.41) is 9.00. The molecule has 0 aromatic rings. The molecular weight excluding hydrogens is 400 g/mol. The van der Waals surface area contributed by atoms with E-state index in [0.29, 0.717) is 6.08 Å². The van der Waals surface area contributed by atoms with Gasteiger partial charge in [0.05, 0.1) is 5.92 Å². The lowest BCUT2D eigenvalue weighted by Gasteiger charge is -2.15. The van der Waals surface area contributed by atoms with Crippen molar-refractivity contribution in [1.82, 2.24) is 0 Å². The number of carbonyl (C=O) groups is 1. The molecule has 4 unspecified atom stereocenters. The molecule has 0 aliphatic heterocycles. The maximum absolute atomic E-state index is 12.8. The minimum Gasteiger partial charge on any atom is -0.481 e. The van der Waals surface area contributed by atoms with Gasteiger partial charge in [-0.3, -0.25) is 4.79 Å². The van der Waals surface area contributed by atoms with E-state index in [0.717, 1.165) is 0 Å². The number of carboxylic acid groups (broad SMARTS) is 1. The van der Waals surface area contributed by atoms with Crippen LogP contribution >= 0.6 is 31.9 Å². The van der Waals surface area contributed by atoms with E-state index in [1.54, 1.807) is 13.8 Å². The van der Waals surface area contributed by atoms with Crippen molar-refractivity contribution in [2.24, 2.45) is 17.3 Å². The number of hydrogen-bond donors (Lipinski definition) is 1. The molecule has 0 amide bonds. The molecule has 0 radical (unpaired) electrons. The Hall–Kier alpha value is -0.110. The molecule has 1 N–H and O–H groups in total. The first kappa shape index (κ1) is 16.9. The zero-order valence-electron chi connectivity index (χ0n) is 10.0. The summed E-state index contributed by atoms with van der Waals surface area (Å²) < 4.78 is 49.0. The topological polar surface area (TPSA) is 37.3 Å². The van der Waals surface area contributed by atoms with E-state index < -0.39 is 39.0 Å². The van der Waals surface area contributed by atoms with Crippen LogP contribution in [0.15, 0.2) is 11.9 Å². The fourth-order valence-electron chi connectivity index (χ4n) is 2.27. The third-order valence-corrected chi connectivity index (χ3v) is 6.08. The van der Waals surface area contributed by atoms with Crippen LogP contribution in [0, 0.1) is 17.3 Å². The number of allylic oxidation sites excluding steroid dienone is 2. The summed E-state index contributed by atoms with van der Waals surface area (Å²) in [6.45, 7) is 3.43. The monoisotopic (exact) mass is 410 g/mol. The average Bonchev–Trinajstić information content (AvgIpc) is 2.78. The Morgan fingerprint density at radius 1 is 1.37 bits per heavy atom. The molecule has 0 aromatic heterocycles. The second kappa shape index (κ2) is 5.35. The molecule has 4 atom stereocenters. The summed E-state index contributed by atoms with van der Waals surface area (Å²) in [5.41, 5.74) is -0.533. The summed E-state index contributed by atoms with van der Waals surface area (Å²) in [6.07, 6.45) is -4.61. The van der Waals surface area contributed by atoms with Crippen LogP contribution in [0.5, 0.6) is 0 Å². The molecule has 0 bridgehead atoms. The highest BCUT2D eigenvalue weighted by Crippen LogP contribution is 2.62. The van der Waals surface area contributed by atoms with Crippen LogP contribution in [0.4, 0.5) is 17.6 Å². The van der Waals surface area contributed by atoms with Crippen molar-refractivity contribution in [2.45, 2.75) is 29.7 Å². The van der Waals surface area contributed by atoms with Crippen LogP contribution in [0.2, 0.25) is 0 Å². The molecule has 0 aromatic carbocycles. The number of rotatable bonds is 4. The quantitative estimate of drug-likeness (QED) is 0.553. The first-order valence-corrected chi connectivity index (χ1v) is 7.19. The normalized spacial score (nSPS) is 29.8. The highest BCUT2D eigenvalue weighted by molar-refractivity contribution is 9.12. The fourth-order valence-corrected chi connectivity index (χ4v) is 3.97. The SMILES string of the molecule is CC1(C)C(C(=O)O)C1C(Br)C(Br)/C=C(/F)C(F)(F)F. The molecule has 2 nitrogen and oxygen atoms in total. The first-order chi connectivity index (χ1) is 8.40. The highest BCUT2D eigenvalue weighted by atomic mass is 79.9. The van der Waals surface area contributed by atoms with E-state index in [9.17, 15) is 22.4 Å². The summed E-state index contributed by atoms with van der Waals surface area (Å²) in [4.78, 5) is 9.45. The lowest BCUT2D eigenvalue weighted by atomic mass is 10.1. The Morgan fingerprint density at radius 3 is 2.16 bits per heavy atom. The fraction of sp³-hybridized carbons (Fsp3) is 0.727. The van der Waals surface area contributed by atoms with Crippen molar-refractivity contribution >= 4 is 37.8 Å². The second-order valence-corrected chi connectivity index (χ2v) is 7.18. The Morgan fingerprint density at radius 2 is 1.84 bits per heavy atom. The lowest BCUT2D eigenvalue weighted by Crippen LogP contribution is -2.20. The van der Waals surface area contributed by atoms with E-state index in [2.05, 4.69) is 31.9 Å². The molecule has 0 heterocycles. The van der Waals surface area contributed by atoms with Gasteiger partial charge in [-0.25, -0.2) is 4.39 Å². The number of aliphatic carboxylic acids is 1. The van der Waals surface area contributed by atoms with Gasteiger partial charge in [0.2, 0.25) is 5.83 Å². The largest absolute Gasteiger partial charge is 0.481 e. The molecule has 19 heavy (non-hydrogen) atoms. The highest BCUT2D eigenvalue weighted by Gasteiger charge is 2.65. The zero-order valence-corrected chi connectivity index (χ0v) is 13.2. The third kappa shape index (κ3) is 3.51. The minimum absolute atomic E-state index is 0.369. The Bertz CT molecular complexity index is 406. The molecular formula is C11H12Br2F4O2. The van der Waals surface area contributed by atoms with Crippen LogP contribution in [-0.4, -0.2) is 26.9 Å². The molecule has 1 saturated carbocycles. The van der Waals surface area contributed by atoms with E-state index in [4.69, 9.17) is 5.11 Å². The van der Waals surface area contributed by atoms with Gasteiger partial charge < -0.3 is 5.11 Å². The Kier molecular flexibility index (Phi) is 4.77. The maximum Gasteiger partial charge on any atom is 0.442 e. The first-order valence-electron chi connectivity index (χ1n) is 5.36. The van der Waals surface area contributed by atoms with Crippen molar-refractivity contribution in [3.05, 3.63) is 11.9 Å². The Balaban J connectivity index is 2.81. The van der Waals surface area contributed by atoms with Gasteiger partial charge >= 0.3 is 12.1 Å². The molecule has 1 aliphatic carbocycles. The van der Waals surface area contributed by atoms with E-state index in [-0.39, 0.29) is 5.92 Å². The van der Waals surface area contributed by atoms with Crippen LogP contribution in [-0.2, 0) is 4.79 Å². The zero-order chi connectivity index (χ0) is 15.2. The van der Waals surface area contributed by atoms with Gasteiger partial charge in [-0.05, 0) is 17.4 Å². The van der Waals surface area contributed by atoms with Crippen molar-refractivity contribution < 1.29 is 27.5 Å². The summed E-state index contributed by atoms with van der Waals surface area (Å²) in [5.74, 6) is -4.21. The predicted octanol–water partition coefficient (Wildman–Crippen LogP) is 4.29.